The second kappa shape index (κ2) is 10.4. The number of amides is 2. The van der Waals surface area contributed by atoms with E-state index in [0.29, 0.717) is 37.4 Å². The van der Waals surface area contributed by atoms with Crippen LogP contribution in [0.25, 0.3) is 0 Å². The molecular weight excluding hydrogens is 472 g/mol. The van der Waals surface area contributed by atoms with E-state index in [0.717, 1.165) is 22.3 Å². The largest absolute Gasteiger partial charge is 0.489 e. The molecule has 0 N–H and O–H groups in total. The van der Waals surface area contributed by atoms with E-state index in [-0.39, 0.29) is 36.5 Å². The highest BCUT2D eigenvalue weighted by molar-refractivity contribution is 6.01. The van der Waals surface area contributed by atoms with Gasteiger partial charge in [0.1, 0.15) is 23.7 Å². The van der Waals surface area contributed by atoms with E-state index in [1.165, 1.54) is 13.8 Å². The molecule has 37 heavy (non-hydrogen) atoms. The van der Waals surface area contributed by atoms with Crippen LogP contribution in [0.3, 0.4) is 0 Å². The maximum absolute atomic E-state index is 13.1. The standard InChI is InChI=1S/C29H34N2O6/c1-18(32)9-12-25(19(2)33)31-16-24-23(27(31)34)7-6-8-26(24)36-17-20-10-11-21-14-30(15-22(21)13-20)28(35)37-29(3,4)5/h6-8,10-11,13,25H,9,12,14-17H2,1-5H3. The number of ether oxygens (including phenoxy) is 2. The Morgan fingerprint density at radius 3 is 2.41 bits per heavy atom. The Hall–Kier alpha value is -3.68. The van der Waals surface area contributed by atoms with Crippen LogP contribution in [-0.2, 0) is 40.6 Å². The van der Waals surface area contributed by atoms with E-state index in [1.807, 2.05) is 45.0 Å². The van der Waals surface area contributed by atoms with Crippen molar-refractivity contribution >= 4 is 23.6 Å². The number of hydrogen-bond donors (Lipinski definition) is 0. The molecule has 0 aliphatic carbocycles. The molecule has 8 heteroatoms. The molecule has 1 atom stereocenters. The molecule has 2 aromatic carbocycles. The maximum Gasteiger partial charge on any atom is 0.410 e. The number of benzene rings is 2. The lowest BCUT2D eigenvalue weighted by Crippen LogP contribution is -2.40. The lowest BCUT2D eigenvalue weighted by atomic mass is 10.0. The van der Waals surface area contributed by atoms with Crippen molar-refractivity contribution in [3.05, 3.63) is 64.2 Å². The average Bonchev–Trinajstić information content (AvgIpc) is 3.38. The number of ketones is 2. The highest BCUT2D eigenvalue weighted by atomic mass is 16.6. The molecule has 0 saturated heterocycles. The minimum absolute atomic E-state index is 0.0111. The number of fused-ring (bicyclic) bond motifs is 2. The summed E-state index contributed by atoms with van der Waals surface area (Å²) in [5, 5.41) is 0. The van der Waals surface area contributed by atoms with E-state index < -0.39 is 11.6 Å². The van der Waals surface area contributed by atoms with Crippen LogP contribution < -0.4 is 4.74 Å². The molecular formula is C29H34N2O6. The minimum atomic E-state index is -0.638. The molecule has 0 fully saturated rings. The van der Waals surface area contributed by atoms with Gasteiger partial charge in [-0.2, -0.15) is 0 Å². The molecule has 2 aliphatic heterocycles. The molecule has 2 aliphatic rings. The van der Waals surface area contributed by atoms with Crippen LogP contribution in [0.4, 0.5) is 4.79 Å². The van der Waals surface area contributed by atoms with E-state index in [1.54, 1.807) is 21.9 Å². The van der Waals surface area contributed by atoms with Gasteiger partial charge in [-0.15, -0.1) is 0 Å². The highest BCUT2D eigenvalue weighted by Gasteiger charge is 2.36. The summed E-state index contributed by atoms with van der Waals surface area (Å²) < 4.78 is 11.6. The van der Waals surface area contributed by atoms with Gasteiger partial charge in [-0.1, -0.05) is 24.3 Å². The summed E-state index contributed by atoms with van der Waals surface area (Å²) >= 11 is 0. The first-order chi connectivity index (χ1) is 17.4. The molecule has 2 amide bonds. The molecule has 0 bridgehead atoms. The predicted octanol–water partition coefficient (Wildman–Crippen LogP) is 4.80. The smallest absolute Gasteiger partial charge is 0.410 e. The van der Waals surface area contributed by atoms with Crippen molar-refractivity contribution in [1.82, 2.24) is 9.80 Å². The highest BCUT2D eigenvalue weighted by Crippen LogP contribution is 2.34. The van der Waals surface area contributed by atoms with Gasteiger partial charge in [0.2, 0.25) is 0 Å². The molecule has 0 spiro atoms. The molecule has 196 valence electrons. The van der Waals surface area contributed by atoms with Gasteiger partial charge < -0.3 is 19.2 Å². The maximum atomic E-state index is 13.1. The topological polar surface area (TPSA) is 93.2 Å². The fourth-order valence-electron chi connectivity index (χ4n) is 4.79. The van der Waals surface area contributed by atoms with Crippen molar-refractivity contribution in [2.45, 2.75) is 85.3 Å². The molecule has 8 nitrogen and oxygen atoms in total. The SMILES string of the molecule is CC(=O)CCC(C(C)=O)N1Cc2c(OCc3ccc4c(c3)CN(C(=O)OC(C)(C)C)C4)cccc2C1=O. The Kier molecular flexibility index (Phi) is 7.39. The third-order valence-corrected chi connectivity index (χ3v) is 6.61. The number of nitrogens with zero attached hydrogens (tertiary/aromatic N) is 2. The summed E-state index contributed by atoms with van der Waals surface area (Å²) in [4.78, 5) is 52.6. The van der Waals surface area contributed by atoms with Crippen molar-refractivity contribution in [2.24, 2.45) is 0 Å². The van der Waals surface area contributed by atoms with Crippen LogP contribution in [0.2, 0.25) is 0 Å². The van der Waals surface area contributed by atoms with E-state index in [4.69, 9.17) is 9.47 Å². The lowest BCUT2D eigenvalue weighted by molar-refractivity contribution is -0.122. The van der Waals surface area contributed by atoms with Gasteiger partial charge in [-0.3, -0.25) is 14.5 Å². The number of carbonyl (C=O) groups is 4. The molecule has 4 rings (SSSR count). The summed E-state index contributed by atoms with van der Waals surface area (Å²) in [7, 11) is 0. The fraction of sp³-hybridized carbons (Fsp3) is 0.448. The van der Waals surface area contributed by atoms with E-state index in [9.17, 15) is 19.2 Å². The Morgan fingerprint density at radius 1 is 1.00 bits per heavy atom. The first kappa shape index (κ1) is 26.4. The van der Waals surface area contributed by atoms with Gasteiger partial charge in [0.15, 0.2) is 5.78 Å². The van der Waals surface area contributed by atoms with Crippen LogP contribution in [0.1, 0.15) is 80.1 Å². The second-order valence-corrected chi connectivity index (χ2v) is 10.8. The van der Waals surface area contributed by atoms with Crippen LogP contribution in [-0.4, -0.2) is 45.0 Å². The summed E-state index contributed by atoms with van der Waals surface area (Å²) in [6, 6.07) is 10.7. The first-order valence-electron chi connectivity index (χ1n) is 12.6. The van der Waals surface area contributed by atoms with Gasteiger partial charge in [-0.05, 0) is 69.9 Å². The second-order valence-electron chi connectivity index (χ2n) is 10.8. The zero-order valence-corrected chi connectivity index (χ0v) is 22.1. The van der Waals surface area contributed by atoms with Crippen LogP contribution in [0.15, 0.2) is 36.4 Å². The number of rotatable bonds is 8. The first-order valence-corrected chi connectivity index (χ1v) is 12.6. The zero-order valence-electron chi connectivity index (χ0n) is 22.1. The van der Waals surface area contributed by atoms with Gasteiger partial charge in [-0.25, -0.2) is 4.79 Å². The Labute approximate surface area is 217 Å². The van der Waals surface area contributed by atoms with Crippen molar-refractivity contribution in [3.63, 3.8) is 0 Å². The third-order valence-electron chi connectivity index (χ3n) is 6.61. The molecule has 0 radical (unpaired) electrons. The Balaban J connectivity index is 1.44. The minimum Gasteiger partial charge on any atom is -0.489 e. The quantitative estimate of drug-likeness (QED) is 0.511. The Morgan fingerprint density at radius 2 is 1.73 bits per heavy atom. The van der Waals surface area contributed by atoms with E-state index in [2.05, 4.69) is 0 Å². The zero-order chi connectivity index (χ0) is 26.9. The summed E-state index contributed by atoms with van der Waals surface area (Å²) in [5.41, 5.74) is 3.81. The summed E-state index contributed by atoms with van der Waals surface area (Å²) in [6.07, 6.45) is 0.232. The van der Waals surface area contributed by atoms with Crippen molar-refractivity contribution in [3.8, 4) is 5.75 Å². The molecule has 2 heterocycles. The predicted molar refractivity (Wildman–Crippen MR) is 137 cm³/mol. The Bertz CT molecular complexity index is 1250. The number of hydrogen-bond acceptors (Lipinski definition) is 6. The van der Waals surface area contributed by atoms with Crippen molar-refractivity contribution in [2.75, 3.05) is 0 Å². The van der Waals surface area contributed by atoms with Crippen molar-refractivity contribution in [1.29, 1.82) is 0 Å². The van der Waals surface area contributed by atoms with Crippen LogP contribution >= 0.6 is 0 Å². The average molecular weight is 507 g/mol. The molecule has 0 saturated carbocycles. The van der Waals surface area contributed by atoms with E-state index >= 15 is 0 Å². The molecule has 0 aromatic heterocycles. The summed E-state index contributed by atoms with van der Waals surface area (Å²) in [5.74, 6) is 0.230. The van der Waals surface area contributed by atoms with Gasteiger partial charge in [0.05, 0.1) is 12.6 Å². The lowest BCUT2D eigenvalue weighted by Gasteiger charge is -2.25. The van der Waals surface area contributed by atoms with Crippen LogP contribution in [0, 0.1) is 0 Å². The monoisotopic (exact) mass is 506 g/mol. The van der Waals surface area contributed by atoms with Crippen LogP contribution in [0.5, 0.6) is 5.75 Å². The molecule has 2 aromatic rings. The third kappa shape index (κ3) is 6.01. The van der Waals surface area contributed by atoms with Gasteiger partial charge >= 0.3 is 6.09 Å². The number of carbonyl (C=O) groups excluding carboxylic acids is 4. The van der Waals surface area contributed by atoms with Gasteiger partial charge in [0.25, 0.3) is 5.91 Å². The molecule has 1 unspecified atom stereocenters. The van der Waals surface area contributed by atoms with Crippen molar-refractivity contribution < 1.29 is 28.7 Å². The summed E-state index contributed by atoms with van der Waals surface area (Å²) in [6.45, 7) is 10.0. The normalized spacial score (nSPS) is 15.3. The fourth-order valence-corrected chi connectivity index (χ4v) is 4.79. The number of Topliss-reactive ketones (excluding diaryl/α,β-unsaturated/α-hetero) is 2. The van der Waals surface area contributed by atoms with Gasteiger partial charge in [0, 0.05) is 30.6 Å².